The molecule has 0 spiro atoms. The Labute approximate surface area is 113 Å². The smallest absolute Gasteiger partial charge is 0.332 e. The minimum atomic E-state index is -0.852. The first kappa shape index (κ1) is 16.0. The first-order chi connectivity index (χ1) is 7.86. The van der Waals surface area contributed by atoms with Crippen LogP contribution in [-0.2, 0) is 0 Å². The first-order valence-corrected chi connectivity index (χ1v) is 5.32. The molecule has 0 heterocycles. The Morgan fingerprint density at radius 2 is 1.94 bits per heavy atom. The third-order valence-electron chi connectivity index (χ3n) is 1.47. The van der Waals surface area contributed by atoms with Gasteiger partial charge in [0.05, 0.1) is 15.0 Å². The van der Waals surface area contributed by atoms with Crippen molar-refractivity contribution in [2.45, 2.75) is 0 Å². The number of nitro benzene ring substituents is 1. The van der Waals surface area contributed by atoms with Crippen LogP contribution in [0.25, 0.3) is 0 Å². The molecule has 8 heteroatoms. The van der Waals surface area contributed by atoms with Crippen molar-refractivity contribution in [1.29, 1.82) is 0 Å². The molecule has 0 saturated heterocycles. The van der Waals surface area contributed by atoms with Gasteiger partial charge in [-0.3, -0.25) is 10.1 Å². The normalized spacial score (nSPS) is 9.18. The van der Waals surface area contributed by atoms with Crippen LogP contribution in [0.2, 0.25) is 15.1 Å². The molecule has 0 aliphatic carbocycles. The van der Waals surface area contributed by atoms with E-state index in [-0.39, 0.29) is 15.1 Å². The number of nitro groups is 1. The summed E-state index contributed by atoms with van der Waals surface area (Å²) >= 11 is 16.4. The number of hydrogen-bond donors (Lipinski definition) is 2. The Kier molecular flexibility index (Phi) is 6.91. The second-order valence-electron chi connectivity index (χ2n) is 2.63. The summed E-state index contributed by atoms with van der Waals surface area (Å²) in [5.41, 5.74) is 4.23. The molecule has 0 fully saturated rings. The summed E-state index contributed by atoms with van der Waals surface area (Å²) in [7, 11) is 0. The van der Waals surface area contributed by atoms with E-state index in [1.165, 1.54) is 0 Å². The van der Waals surface area contributed by atoms with Crippen molar-refractivity contribution in [3.8, 4) is 5.75 Å². The van der Waals surface area contributed by atoms with Gasteiger partial charge >= 0.3 is 5.69 Å². The van der Waals surface area contributed by atoms with Crippen molar-refractivity contribution in [3.63, 3.8) is 0 Å². The van der Waals surface area contributed by atoms with Crippen LogP contribution in [-0.4, -0.2) is 16.6 Å². The molecule has 0 amide bonds. The van der Waals surface area contributed by atoms with Gasteiger partial charge in [-0.25, -0.2) is 0 Å². The maximum absolute atomic E-state index is 10.4. The lowest BCUT2D eigenvalue weighted by atomic mass is 10.3. The van der Waals surface area contributed by atoms with Crippen molar-refractivity contribution in [2.24, 2.45) is 5.73 Å². The van der Waals surface area contributed by atoms with Crippen molar-refractivity contribution in [3.05, 3.63) is 43.9 Å². The molecule has 1 aromatic rings. The van der Waals surface area contributed by atoms with Gasteiger partial charge in [-0.1, -0.05) is 40.9 Å². The fraction of sp³-hybridized carbons (Fsp3) is 0.111. The molecule has 5 nitrogen and oxygen atoms in total. The molecule has 0 radical (unpaired) electrons. The SMILES string of the molecule is C=CCN.O=[N+]([O-])c1c(O)c(Cl)cc(Cl)c1Cl. The summed E-state index contributed by atoms with van der Waals surface area (Å²) in [6.07, 6.45) is 1.65. The molecule has 17 heavy (non-hydrogen) atoms. The van der Waals surface area contributed by atoms with Crippen LogP contribution in [0.15, 0.2) is 18.7 Å². The van der Waals surface area contributed by atoms with E-state index in [2.05, 4.69) is 6.58 Å². The molecule has 0 aliphatic heterocycles. The van der Waals surface area contributed by atoms with Gasteiger partial charge in [0, 0.05) is 6.54 Å². The zero-order valence-corrected chi connectivity index (χ0v) is 10.8. The fourth-order valence-electron chi connectivity index (χ4n) is 0.740. The largest absolute Gasteiger partial charge is 0.501 e. The average molecular weight is 300 g/mol. The molecule has 0 atom stereocenters. The minimum absolute atomic E-state index is 0.0730. The quantitative estimate of drug-likeness (QED) is 0.379. The van der Waals surface area contributed by atoms with E-state index in [0.29, 0.717) is 6.54 Å². The van der Waals surface area contributed by atoms with Gasteiger partial charge in [0.15, 0.2) is 0 Å². The van der Waals surface area contributed by atoms with Gasteiger partial charge in [-0.15, -0.1) is 6.58 Å². The topological polar surface area (TPSA) is 89.4 Å². The van der Waals surface area contributed by atoms with Crippen molar-refractivity contribution < 1.29 is 10.0 Å². The number of benzene rings is 1. The lowest BCUT2D eigenvalue weighted by Gasteiger charge is -2.01. The Morgan fingerprint density at radius 3 is 2.29 bits per heavy atom. The van der Waals surface area contributed by atoms with Crippen LogP contribution in [0.4, 0.5) is 5.69 Å². The van der Waals surface area contributed by atoms with Gasteiger partial charge in [0.2, 0.25) is 5.75 Å². The summed E-state index contributed by atoms with van der Waals surface area (Å²) in [6.45, 7) is 3.94. The zero-order chi connectivity index (χ0) is 13.6. The number of hydrogen-bond acceptors (Lipinski definition) is 4. The molecule has 0 unspecified atom stereocenters. The van der Waals surface area contributed by atoms with Crippen LogP contribution >= 0.6 is 34.8 Å². The average Bonchev–Trinajstić information content (AvgIpc) is 2.27. The second-order valence-corrected chi connectivity index (χ2v) is 3.83. The standard InChI is InChI=1S/C6H2Cl3NO3.C3H7N/c7-2-1-3(8)6(11)5(4(2)9)10(12)13;1-2-3-4/h1,11H;2H,1,3-4H2. The van der Waals surface area contributed by atoms with Crippen molar-refractivity contribution >= 4 is 40.5 Å². The minimum Gasteiger partial charge on any atom is -0.501 e. The van der Waals surface area contributed by atoms with E-state index < -0.39 is 16.4 Å². The van der Waals surface area contributed by atoms with E-state index in [1.807, 2.05) is 0 Å². The van der Waals surface area contributed by atoms with E-state index in [0.717, 1.165) is 6.07 Å². The molecule has 0 aromatic heterocycles. The van der Waals surface area contributed by atoms with Crippen LogP contribution in [0, 0.1) is 10.1 Å². The lowest BCUT2D eigenvalue weighted by Crippen LogP contribution is -1.91. The summed E-state index contributed by atoms with van der Waals surface area (Å²) in [4.78, 5) is 9.54. The third kappa shape index (κ3) is 4.40. The van der Waals surface area contributed by atoms with Gasteiger partial charge in [0.25, 0.3) is 0 Å². The molecule has 94 valence electrons. The maximum Gasteiger partial charge on any atom is 0.332 e. The van der Waals surface area contributed by atoms with E-state index in [1.54, 1.807) is 6.08 Å². The molecular formula is C9H9Cl3N2O3. The van der Waals surface area contributed by atoms with E-state index >= 15 is 0 Å². The van der Waals surface area contributed by atoms with Gasteiger partial charge in [-0.2, -0.15) is 0 Å². The predicted octanol–water partition coefficient (Wildman–Crippen LogP) is 3.39. The highest BCUT2D eigenvalue weighted by Gasteiger charge is 2.24. The van der Waals surface area contributed by atoms with Crippen LogP contribution in [0.1, 0.15) is 0 Å². The molecular weight excluding hydrogens is 290 g/mol. The summed E-state index contributed by atoms with van der Waals surface area (Å²) < 4.78 is 0. The maximum atomic E-state index is 10.4. The van der Waals surface area contributed by atoms with Gasteiger partial charge in [-0.05, 0) is 6.07 Å². The number of nitrogens with zero attached hydrogens (tertiary/aromatic N) is 1. The second kappa shape index (κ2) is 7.34. The zero-order valence-electron chi connectivity index (χ0n) is 8.49. The molecule has 1 aromatic carbocycles. The number of halogens is 3. The highest BCUT2D eigenvalue weighted by molar-refractivity contribution is 6.45. The molecule has 0 aliphatic rings. The van der Waals surface area contributed by atoms with Crippen molar-refractivity contribution in [1.82, 2.24) is 0 Å². The molecule has 0 bridgehead atoms. The molecule has 3 N–H and O–H groups in total. The number of phenols is 1. The summed E-state index contributed by atoms with van der Waals surface area (Å²) in [6, 6.07) is 1.13. The molecule has 1 rings (SSSR count). The Bertz CT molecular complexity index is 412. The predicted molar refractivity (Wildman–Crippen MR) is 69.0 cm³/mol. The summed E-state index contributed by atoms with van der Waals surface area (Å²) in [5.74, 6) is -0.680. The van der Waals surface area contributed by atoms with Crippen LogP contribution in [0.5, 0.6) is 5.75 Å². The van der Waals surface area contributed by atoms with Crippen LogP contribution < -0.4 is 5.73 Å². The number of nitrogens with two attached hydrogens (primary N) is 1. The van der Waals surface area contributed by atoms with E-state index in [9.17, 15) is 10.1 Å². The van der Waals surface area contributed by atoms with Gasteiger partial charge < -0.3 is 10.8 Å². The third-order valence-corrected chi connectivity index (χ3v) is 2.54. The number of phenolic OH excluding ortho intramolecular Hbond substituents is 1. The first-order valence-electron chi connectivity index (χ1n) is 4.18. The van der Waals surface area contributed by atoms with E-state index in [4.69, 9.17) is 45.6 Å². The Hall–Kier alpha value is -1.01. The highest BCUT2D eigenvalue weighted by Crippen LogP contribution is 2.43. The van der Waals surface area contributed by atoms with Crippen LogP contribution in [0.3, 0.4) is 0 Å². The number of aromatic hydroxyl groups is 1. The summed E-state index contributed by atoms with van der Waals surface area (Å²) in [5, 5.41) is 18.9. The monoisotopic (exact) mass is 298 g/mol. The fourth-order valence-corrected chi connectivity index (χ4v) is 1.41. The highest BCUT2D eigenvalue weighted by atomic mass is 35.5. The Balaban J connectivity index is 0.000000557. The molecule has 0 saturated carbocycles. The lowest BCUT2D eigenvalue weighted by molar-refractivity contribution is -0.385. The van der Waals surface area contributed by atoms with Gasteiger partial charge in [0.1, 0.15) is 5.02 Å². The van der Waals surface area contributed by atoms with Crippen molar-refractivity contribution in [2.75, 3.05) is 6.54 Å². The number of rotatable bonds is 2. The Morgan fingerprint density at radius 1 is 1.47 bits per heavy atom.